The van der Waals surface area contributed by atoms with Crippen LogP contribution < -0.4 is 5.32 Å². The molecular formula is C20H32N4O2. The van der Waals surface area contributed by atoms with Crippen molar-refractivity contribution in [3.63, 3.8) is 0 Å². The molecule has 2 rings (SSSR count). The first-order chi connectivity index (χ1) is 12.3. The van der Waals surface area contributed by atoms with E-state index in [9.17, 15) is 9.59 Å². The number of amides is 2. The van der Waals surface area contributed by atoms with Gasteiger partial charge in [0.1, 0.15) is 5.82 Å². The molecule has 0 bridgehead atoms. The van der Waals surface area contributed by atoms with E-state index < -0.39 is 0 Å². The standard InChI is InChI=1S/C20H32N4O2/c1-6-9-21-18(25)11-17-14(4)22-19(23-15(17)5)16-8-7-10-24(12-16)20(26)13(2)3/h13,16H,6-12H2,1-5H3,(H,21,25)/t16-/m1/s1. The van der Waals surface area contributed by atoms with Crippen molar-refractivity contribution in [1.29, 1.82) is 0 Å². The number of hydrogen-bond acceptors (Lipinski definition) is 4. The highest BCUT2D eigenvalue weighted by atomic mass is 16.2. The summed E-state index contributed by atoms with van der Waals surface area (Å²) in [5.41, 5.74) is 2.64. The van der Waals surface area contributed by atoms with Crippen LogP contribution in [0.4, 0.5) is 0 Å². The minimum absolute atomic E-state index is 0.0146. The molecule has 6 heteroatoms. The predicted molar refractivity (Wildman–Crippen MR) is 102 cm³/mol. The molecule has 1 aliphatic heterocycles. The molecule has 0 spiro atoms. The number of nitrogens with zero attached hydrogens (tertiary/aromatic N) is 3. The summed E-state index contributed by atoms with van der Waals surface area (Å²) < 4.78 is 0. The second-order valence-electron chi connectivity index (χ2n) is 7.54. The van der Waals surface area contributed by atoms with Gasteiger partial charge in [0.2, 0.25) is 11.8 Å². The van der Waals surface area contributed by atoms with Gasteiger partial charge in [0.05, 0.1) is 6.42 Å². The first-order valence-corrected chi connectivity index (χ1v) is 9.73. The maximum absolute atomic E-state index is 12.3. The van der Waals surface area contributed by atoms with Crippen molar-refractivity contribution in [2.24, 2.45) is 5.92 Å². The predicted octanol–water partition coefficient (Wildman–Crippen LogP) is 2.52. The third kappa shape index (κ3) is 5.02. The van der Waals surface area contributed by atoms with Crippen LogP contribution in [0.25, 0.3) is 0 Å². The maximum Gasteiger partial charge on any atom is 0.225 e. The average molecular weight is 361 g/mol. The first kappa shape index (κ1) is 20.3. The molecule has 1 atom stereocenters. The number of nitrogens with one attached hydrogen (secondary N) is 1. The van der Waals surface area contributed by atoms with Crippen molar-refractivity contribution in [2.75, 3.05) is 19.6 Å². The quantitative estimate of drug-likeness (QED) is 0.846. The Morgan fingerprint density at radius 3 is 2.46 bits per heavy atom. The highest BCUT2D eigenvalue weighted by Gasteiger charge is 2.28. The Morgan fingerprint density at radius 1 is 1.23 bits per heavy atom. The molecule has 1 fully saturated rings. The largest absolute Gasteiger partial charge is 0.356 e. The SMILES string of the molecule is CCCNC(=O)Cc1c(C)nc([C@@H]2CCCN(C(=O)C(C)C)C2)nc1C. The Bertz CT molecular complexity index is 634. The van der Waals surface area contributed by atoms with Crippen molar-refractivity contribution in [3.8, 4) is 0 Å². The van der Waals surface area contributed by atoms with Gasteiger partial charge in [0.15, 0.2) is 0 Å². The van der Waals surface area contributed by atoms with Crippen LogP contribution in [0.2, 0.25) is 0 Å². The Morgan fingerprint density at radius 2 is 1.88 bits per heavy atom. The van der Waals surface area contributed by atoms with Gasteiger partial charge >= 0.3 is 0 Å². The number of hydrogen-bond donors (Lipinski definition) is 1. The summed E-state index contributed by atoms with van der Waals surface area (Å²) in [4.78, 5) is 35.7. The summed E-state index contributed by atoms with van der Waals surface area (Å²) in [6.07, 6.45) is 3.22. The first-order valence-electron chi connectivity index (χ1n) is 9.73. The third-order valence-corrected chi connectivity index (χ3v) is 4.94. The second kappa shape index (κ2) is 9.10. The van der Waals surface area contributed by atoms with Crippen molar-refractivity contribution >= 4 is 11.8 Å². The van der Waals surface area contributed by atoms with Crippen LogP contribution in [-0.4, -0.2) is 46.3 Å². The zero-order valence-corrected chi connectivity index (χ0v) is 16.8. The minimum Gasteiger partial charge on any atom is -0.356 e. The summed E-state index contributed by atoms with van der Waals surface area (Å²) >= 11 is 0. The van der Waals surface area contributed by atoms with Crippen molar-refractivity contribution in [1.82, 2.24) is 20.2 Å². The molecule has 2 heterocycles. The van der Waals surface area contributed by atoms with Crippen LogP contribution in [0.5, 0.6) is 0 Å². The zero-order valence-electron chi connectivity index (χ0n) is 16.8. The van der Waals surface area contributed by atoms with Gasteiger partial charge in [-0.2, -0.15) is 0 Å². The second-order valence-corrected chi connectivity index (χ2v) is 7.54. The molecule has 0 radical (unpaired) electrons. The number of carbonyl (C=O) groups is 2. The lowest BCUT2D eigenvalue weighted by Gasteiger charge is -2.33. The summed E-state index contributed by atoms with van der Waals surface area (Å²) in [5, 5.41) is 2.90. The topological polar surface area (TPSA) is 75.2 Å². The maximum atomic E-state index is 12.3. The van der Waals surface area contributed by atoms with Crippen molar-refractivity contribution in [3.05, 3.63) is 22.8 Å². The Hall–Kier alpha value is -1.98. The molecule has 1 aromatic heterocycles. The van der Waals surface area contributed by atoms with Gasteiger partial charge in [-0.3, -0.25) is 9.59 Å². The molecule has 1 saturated heterocycles. The monoisotopic (exact) mass is 360 g/mol. The molecular weight excluding hydrogens is 328 g/mol. The Balaban J connectivity index is 2.13. The van der Waals surface area contributed by atoms with E-state index >= 15 is 0 Å². The highest BCUT2D eigenvalue weighted by molar-refractivity contribution is 5.79. The zero-order chi connectivity index (χ0) is 19.3. The van der Waals surface area contributed by atoms with Crippen LogP contribution in [0, 0.1) is 19.8 Å². The van der Waals surface area contributed by atoms with E-state index in [2.05, 4.69) is 5.32 Å². The van der Waals surface area contributed by atoms with E-state index in [0.29, 0.717) is 19.5 Å². The Labute approximate surface area is 156 Å². The van der Waals surface area contributed by atoms with Crippen molar-refractivity contribution in [2.45, 2.75) is 66.2 Å². The number of aryl methyl sites for hydroxylation is 2. The Kier molecular flexibility index (Phi) is 7.12. The van der Waals surface area contributed by atoms with Crippen LogP contribution in [0.3, 0.4) is 0 Å². The van der Waals surface area contributed by atoms with Crippen LogP contribution in [0.15, 0.2) is 0 Å². The average Bonchev–Trinajstić information content (AvgIpc) is 2.62. The van der Waals surface area contributed by atoms with Gasteiger partial charge in [-0.15, -0.1) is 0 Å². The van der Waals surface area contributed by atoms with Gasteiger partial charge in [-0.1, -0.05) is 20.8 Å². The van der Waals surface area contributed by atoms with E-state index in [1.165, 1.54) is 0 Å². The van der Waals surface area contributed by atoms with Gasteiger partial charge in [-0.05, 0) is 33.1 Å². The van der Waals surface area contributed by atoms with Crippen molar-refractivity contribution < 1.29 is 9.59 Å². The number of piperidine rings is 1. The molecule has 2 amide bonds. The fraction of sp³-hybridized carbons (Fsp3) is 0.700. The fourth-order valence-corrected chi connectivity index (χ4v) is 3.44. The van der Waals surface area contributed by atoms with E-state index in [0.717, 1.165) is 48.6 Å². The normalized spacial score (nSPS) is 17.5. The molecule has 1 N–H and O–H groups in total. The van der Waals surface area contributed by atoms with E-state index in [1.54, 1.807) is 0 Å². The lowest BCUT2D eigenvalue weighted by molar-refractivity contribution is -0.135. The molecule has 6 nitrogen and oxygen atoms in total. The molecule has 144 valence electrons. The molecule has 0 saturated carbocycles. The lowest BCUT2D eigenvalue weighted by atomic mass is 9.95. The molecule has 0 unspecified atom stereocenters. The van der Waals surface area contributed by atoms with Crippen LogP contribution in [0.1, 0.15) is 68.7 Å². The third-order valence-electron chi connectivity index (χ3n) is 4.94. The van der Waals surface area contributed by atoms with E-state index in [4.69, 9.17) is 9.97 Å². The molecule has 0 aromatic carbocycles. The highest BCUT2D eigenvalue weighted by Crippen LogP contribution is 2.26. The van der Waals surface area contributed by atoms with Gasteiger partial charge in [0.25, 0.3) is 0 Å². The van der Waals surface area contributed by atoms with E-state index in [1.807, 2.05) is 39.5 Å². The summed E-state index contributed by atoms with van der Waals surface area (Å²) in [7, 11) is 0. The van der Waals surface area contributed by atoms with Gasteiger partial charge in [-0.25, -0.2) is 9.97 Å². The molecule has 1 aromatic rings. The summed E-state index contributed by atoms with van der Waals surface area (Å²) in [5.74, 6) is 1.21. The number of likely N-dealkylation sites (tertiary alicyclic amines) is 1. The number of rotatable bonds is 6. The van der Waals surface area contributed by atoms with Crippen LogP contribution in [-0.2, 0) is 16.0 Å². The molecule has 1 aliphatic rings. The van der Waals surface area contributed by atoms with Crippen LogP contribution >= 0.6 is 0 Å². The molecule has 0 aliphatic carbocycles. The van der Waals surface area contributed by atoms with Gasteiger partial charge in [0, 0.05) is 48.4 Å². The van der Waals surface area contributed by atoms with E-state index in [-0.39, 0.29) is 23.7 Å². The van der Waals surface area contributed by atoms with Gasteiger partial charge < -0.3 is 10.2 Å². The lowest BCUT2D eigenvalue weighted by Crippen LogP contribution is -2.41. The summed E-state index contributed by atoms with van der Waals surface area (Å²) in [6.45, 7) is 12.0. The molecule has 26 heavy (non-hydrogen) atoms. The smallest absolute Gasteiger partial charge is 0.225 e. The number of carbonyl (C=O) groups excluding carboxylic acids is 2. The minimum atomic E-state index is 0.0146. The number of aromatic nitrogens is 2. The summed E-state index contributed by atoms with van der Waals surface area (Å²) in [6, 6.07) is 0. The fourth-order valence-electron chi connectivity index (χ4n) is 3.44.